The number of halogens is 1. The van der Waals surface area contributed by atoms with Gasteiger partial charge in [-0.05, 0) is 25.1 Å². The van der Waals surface area contributed by atoms with Crippen LogP contribution in [-0.4, -0.2) is 55.6 Å². The lowest BCUT2D eigenvalue weighted by Crippen LogP contribution is -2.46. The van der Waals surface area contributed by atoms with Crippen molar-refractivity contribution in [2.45, 2.75) is 20.0 Å². The Kier molecular flexibility index (Phi) is 5.35. The zero-order valence-electron chi connectivity index (χ0n) is 17.5. The van der Waals surface area contributed by atoms with Gasteiger partial charge in [0.05, 0.1) is 11.2 Å². The molecule has 2 N–H and O–H groups in total. The van der Waals surface area contributed by atoms with E-state index in [2.05, 4.69) is 24.8 Å². The quantitative estimate of drug-likeness (QED) is 0.447. The molecule has 32 heavy (non-hydrogen) atoms. The fourth-order valence-electron chi connectivity index (χ4n) is 4.02. The summed E-state index contributed by atoms with van der Waals surface area (Å²) in [6, 6.07) is 5.40. The van der Waals surface area contributed by atoms with E-state index in [0.717, 1.165) is 18.0 Å². The van der Waals surface area contributed by atoms with E-state index in [1.807, 2.05) is 11.0 Å². The van der Waals surface area contributed by atoms with Crippen LogP contribution in [0.15, 0.2) is 40.2 Å². The van der Waals surface area contributed by atoms with Crippen LogP contribution in [0.25, 0.3) is 21.7 Å². The van der Waals surface area contributed by atoms with E-state index in [1.54, 1.807) is 31.5 Å². The molecule has 1 aliphatic heterocycles. The summed E-state index contributed by atoms with van der Waals surface area (Å²) in [5.74, 6) is 0.0312. The predicted octanol–water partition coefficient (Wildman–Crippen LogP) is 2.02. The average molecular weight is 456 g/mol. The summed E-state index contributed by atoms with van der Waals surface area (Å²) in [6.07, 6.45) is 3.28. The summed E-state index contributed by atoms with van der Waals surface area (Å²) >= 11 is 1.42. The SMILES string of the molecule is CCn1c(=O)[nH]c2cc(CN3CCN(c4ccc(-c5ncc[nH]5)nc4F)CC3)sc2c1=O. The summed E-state index contributed by atoms with van der Waals surface area (Å²) in [6.45, 7) is 5.64. The van der Waals surface area contributed by atoms with Crippen LogP contribution in [0.4, 0.5) is 10.1 Å². The Morgan fingerprint density at radius 1 is 1.19 bits per heavy atom. The molecule has 9 nitrogen and oxygen atoms in total. The first-order valence-corrected chi connectivity index (χ1v) is 11.2. The number of hydrogen-bond acceptors (Lipinski definition) is 7. The lowest BCUT2D eigenvalue weighted by Gasteiger charge is -2.35. The lowest BCUT2D eigenvalue weighted by atomic mass is 10.2. The summed E-state index contributed by atoms with van der Waals surface area (Å²) in [4.78, 5) is 43.7. The number of rotatable bonds is 5. The van der Waals surface area contributed by atoms with Gasteiger partial charge in [-0.1, -0.05) is 0 Å². The van der Waals surface area contributed by atoms with E-state index in [1.165, 1.54) is 15.9 Å². The predicted molar refractivity (Wildman–Crippen MR) is 122 cm³/mol. The lowest BCUT2D eigenvalue weighted by molar-refractivity contribution is 0.251. The molecular formula is C21H22FN7O2S. The van der Waals surface area contributed by atoms with E-state index in [9.17, 15) is 14.0 Å². The highest BCUT2D eigenvalue weighted by Crippen LogP contribution is 2.25. The minimum Gasteiger partial charge on any atom is -0.365 e. The van der Waals surface area contributed by atoms with Gasteiger partial charge in [0.25, 0.3) is 5.56 Å². The van der Waals surface area contributed by atoms with Gasteiger partial charge in [0, 0.05) is 56.5 Å². The first kappa shape index (κ1) is 20.6. The molecule has 0 amide bonds. The smallest absolute Gasteiger partial charge is 0.328 e. The fourth-order valence-corrected chi connectivity index (χ4v) is 5.13. The molecule has 1 saturated heterocycles. The van der Waals surface area contributed by atoms with Gasteiger partial charge >= 0.3 is 5.69 Å². The van der Waals surface area contributed by atoms with Crippen LogP contribution in [0.5, 0.6) is 0 Å². The van der Waals surface area contributed by atoms with Crippen molar-refractivity contribution in [3.63, 3.8) is 0 Å². The van der Waals surface area contributed by atoms with Crippen molar-refractivity contribution in [2.75, 3.05) is 31.1 Å². The van der Waals surface area contributed by atoms with Crippen LogP contribution >= 0.6 is 11.3 Å². The third-order valence-corrected chi connectivity index (χ3v) is 6.80. The molecule has 4 aromatic rings. The zero-order valence-corrected chi connectivity index (χ0v) is 18.3. The molecule has 0 radical (unpaired) electrons. The van der Waals surface area contributed by atoms with Gasteiger partial charge in [-0.3, -0.25) is 14.3 Å². The van der Waals surface area contributed by atoms with Gasteiger partial charge < -0.3 is 14.9 Å². The van der Waals surface area contributed by atoms with Gasteiger partial charge in [0.1, 0.15) is 10.4 Å². The highest BCUT2D eigenvalue weighted by molar-refractivity contribution is 7.18. The molecule has 0 spiro atoms. The normalized spacial score (nSPS) is 15.0. The number of thiophene rings is 1. The molecule has 5 heterocycles. The number of pyridine rings is 1. The number of aromatic amines is 2. The Hall–Kier alpha value is -3.31. The van der Waals surface area contributed by atoms with Gasteiger partial charge in [-0.25, -0.2) is 14.8 Å². The molecule has 0 bridgehead atoms. The molecule has 11 heteroatoms. The average Bonchev–Trinajstić information content (AvgIpc) is 3.45. The molecule has 0 saturated carbocycles. The van der Waals surface area contributed by atoms with Crippen molar-refractivity contribution in [1.82, 2.24) is 29.4 Å². The highest BCUT2D eigenvalue weighted by Gasteiger charge is 2.22. The minimum absolute atomic E-state index is 0.242. The standard InChI is InChI=1S/C21H22FN7O2S/c1-2-29-20(30)17-15(26-21(29)31)11-13(32-17)12-27-7-9-28(10-8-27)16-4-3-14(25-18(16)22)19-23-5-6-24-19/h3-6,11H,2,7-10,12H2,1H3,(H,23,24)(H,26,31). The summed E-state index contributed by atoms with van der Waals surface area (Å²) < 4.78 is 16.4. The molecule has 1 aliphatic rings. The zero-order chi connectivity index (χ0) is 22.2. The second kappa shape index (κ2) is 8.32. The molecule has 1 fully saturated rings. The molecule has 4 aromatic heterocycles. The number of imidazole rings is 1. The van der Waals surface area contributed by atoms with E-state index in [0.29, 0.717) is 53.6 Å². The number of aromatic nitrogens is 5. The molecule has 166 valence electrons. The number of piperazine rings is 1. The topological polar surface area (TPSA) is 103 Å². The van der Waals surface area contributed by atoms with Crippen LogP contribution in [0, 0.1) is 5.95 Å². The van der Waals surface area contributed by atoms with Crippen molar-refractivity contribution in [2.24, 2.45) is 0 Å². The Morgan fingerprint density at radius 2 is 2.00 bits per heavy atom. The largest absolute Gasteiger partial charge is 0.365 e. The molecule has 0 aromatic carbocycles. The van der Waals surface area contributed by atoms with Crippen molar-refractivity contribution in [3.8, 4) is 11.5 Å². The molecule has 0 atom stereocenters. The van der Waals surface area contributed by atoms with Gasteiger partial charge in [-0.15, -0.1) is 11.3 Å². The number of hydrogen-bond donors (Lipinski definition) is 2. The van der Waals surface area contributed by atoms with E-state index >= 15 is 0 Å². The molecule has 0 unspecified atom stereocenters. The number of H-pyrrole nitrogens is 2. The van der Waals surface area contributed by atoms with E-state index in [4.69, 9.17) is 0 Å². The third kappa shape index (κ3) is 3.73. The van der Waals surface area contributed by atoms with Crippen LogP contribution < -0.4 is 16.1 Å². The molecular weight excluding hydrogens is 433 g/mol. The van der Waals surface area contributed by atoms with Crippen LogP contribution in [0.2, 0.25) is 0 Å². The molecule has 5 rings (SSSR count). The van der Waals surface area contributed by atoms with Gasteiger partial charge in [0.15, 0.2) is 5.82 Å². The number of anilines is 1. The van der Waals surface area contributed by atoms with Gasteiger partial charge in [0.2, 0.25) is 5.95 Å². The molecule has 0 aliphatic carbocycles. The Balaban J connectivity index is 1.27. The van der Waals surface area contributed by atoms with E-state index in [-0.39, 0.29) is 11.2 Å². The number of nitrogens with zero attached hydrogens (tertiary/aromatic N) is 5. The van der Waals surface area contributed by atoms with E-state index < -0.39 is 5.95 Å². The van der Waals surface area contributed by atoms with Crippen molar-refractivity contribution in [1.29, 1.82) is 0 Å². The summed E-state index contributed by atoms with van der Waals surface area (Å²) in [5, 5.41) is 0. The van der Waals surface area contributed by atoms with Crippen molar-refractivity contribution in [3.05, 3.63) is 62.3 Å². The summed E-state index contributed by atoms with van der Waals surface area (Å²) in [7, 11) is 0. The Bertz CT molecular complexity index is 1370. The second-order valence-corrected chi connectivity index (χ2v) is 8.78. The monoisotopic (exact) mass is 455 g/mol. The minimum atomic E-state index is -0.506. The van der Waals surface area contributed by atoms with Gasteiger partial charge in [-0.2, -0.15) is 4.39 Å². The number of nitrogens with one attached hydrogen (secondary N) is 2. The fraction of sp³-hybridized carbons (Fsp3) is 0.333. The summed E-state index contributed by atoms with van der Waals surface area (Å²) in [5.41, 5.74) is 0.928. The maximum Gasteiger partial charge on any atom is 0.328 e. The Morgan fingerprint density at radius 3 is 2.69 bits per heavy atom. The second-order valence-electron chi connectivity index (χ2n) is 7.64. The Labute approximate surface area is 186 Å². The first-order chi connectivity index (χ1) is 15.5. The van der Waals surface area contributed by atoms with Crippen LogP contribution in [-0.2, 0) is 13.1 Å². The van der Waals surface area contributed by atoms with Crippen molar-refractivity contribution < 1.29 is 4.39 Å². The number of fused-ring (bicyclic) bond motifs is 1. The third-order valence-electron chi connectivity index (χ3n) is 5.69. The maximum atomic E-state index is 14.7. The first-order valence-electron chi connectivity index (χ1n) is 10.4. The maximum absolute atomic E-state index is 14.7. The van der Waals surface area contributed by atoms with Crippen molar-refractivity contribution >= 4 is 27.2 Å². The van der Waals surface area contributed by atoms with Crippen LogP contribution in [0.3, 0.4) is 0 Å². The highest BCUT2D eigenvalue weighted by atomic mass is 32.1. The van der Waals surface area contributed by atoms with Crippen LogP contribution in [0.1, 0.15) is 11.8 Å².